The van der Waals surface area contributed by atoms with Crippen LogP contribution in [0.5, 0.6) is 0 Å². The molecule has 1 heterocycles. The van der Waals surface area contributed by atoms with E-state index in [0.29, 0.717) is 0 Å². The van der Waals surface area contributed by atoms with Crippen LogP contribution in [0.15, 0.2) is 28.7 Å². The number of halogens is 1. The van der Waals surface area contributed by atoms with Crippen LogP contribution in [0.2, 0.25) is 0 Å². The summed E-state index contributed by atoms with van der Waals surface area (Å²) < 4.78 is 6.60. The highest BCUT2D eigenvalue weighted by Gasteiger charge is 2.32. The third kappa shape index (κ3) is 5.50. The van der Waals surface area contributed by atoms with Crippen LogP contribution in [-0.2, 0) is 4.74 Å². The summed E-state index contributed by atoms with van der Waals surface area (Å²) in [6, 6.07) is 8.76. The van der Waals surface area contributed by atoms with Gasteiger partial charge >= 0.3 is 6.09 Å². The average Bonchev–Trinajstić information content (AvgIpc) is 2.91. The molecule has 0 aliphatic carbocycles. The zero-order valence-electron chi connectivity index (χ0n) is 14.4. The lowest BCUT2D eigenvalue weighted by molar-refractivity contribution is 0.0225. The highest BCUT2D eigenvalue weighted by atomic mass is 79.9. The van der Waals surface area contributed by atoms with Gasteiger partial charge in [-0.1, -0.05) is 28.1 Å². The number of nitrogens with zero attached hydrogens (tertiary/aromatic N) is 1. The quantitative estimate of drug-likeness (QED) is 0.833. The molecule has 1 N–H and O–H groups in total. The molecule has 128 valence electrons. The number of amides is 1. The molecule has 0 bridgehead atoms. The van der Waals surface area contributed by atoms with E-state index in [1.807, 2.05) is 37.8 Å². The normalized spacial score (nSPS) is 19.7. The van der Waals surface area contributed by atoms with Crippen molar-refractivity contribution in [3.8, 4) is 0 Å². The molecule has 2 unspecified atom stereocenters. The molecular formula is C18H27BrN2O2. The standard InChI is InChI=1S/C18H27BrN2O2/c1-13(14-7-5-8-15(19)11-14)20-12-16-9-6-10-21(16)17(22)23-18(2,3)4/h5,7-8,11,13,16,20H,6,9-10,12H2,1-4H3. The lowest BCUT2D eigenvalue weighted by Crippen LogP contribution is -2.44. The van der Waals surface area contributed by atoms with Crippen LogP contribution in [0.25, 0.3) is 0 Å². The van der Waals surface area contributed by atoms with Crippen molar-refractivity contribution >= 4 is 22.0 Å². The van der Waals surface area contributed by atoms with Crippen LogP contribution in [0.4, 0.5) is 4.79 Å². The summed E-state index contributed by atoms with van der Waals surface area (Å²) in [5, 5.41) is 3.55. The summed E-state index contributed by atoms with van der Waals surface area (Å²) in [4.78, 5) is 14.2. The van der Waals surface area contributed by atoms with Crippen molar-refractivity contribution in [3.05, 3.63) is 34.3 Å². The SMILES string of the molecule is CC(NCC1CCCN1C(=O)OC(C)(C)C)c1cccc(Br)c1. The van der Waals surface area contributed by atoms with Crippen molar-refractivity contribution in [2.75, 3.05) is 13.1 Å². The molecule has 2 atom stereocenters. The van der Waals surface area contributed by atoms with Crippen LogP contribution in [0.3, 0.4) is 0 Å². The number of hydrogen-bond acceptors (Lipinski definition) is 3. The maximum Gasteiger partial charge on any atom is 0.410 e. The Morgan fingerprint density at radius 3 is 2.87 bits per heavy atom. The highest BCUT2D eigenvalue weighted by Crippen LogP contribution is 2.22. The van der Waals surface area contributed by atoms with Crippen molar-refractivity contribution in [2.24, 2.45) is 0 Å². The molecule has 1 fully saturated rings. The Hall–Kier alpha value is -1.07. The monoisotopic (exact) mass is 382 g/mol. The minimum Gasteiger partial charge on any atom is -0.444 e. The Kier molecular flexibility index (Phi) is 6.09. The summed E-state index contributed by atoms with van der Waals surface area (Å²) in [5.74, 6) is 0. The molecule has 5 heteroatoms. The van der Waals surface area contributed by atoms with Gasteiger partial charge in [-0.25, -0.2) is 4.79 Å². The second-order valence-corrected chi connectivity index (χ2v) is 8.07. The largest absolute Gasteiger partial charge is 0.444 e. The molecule has 1 aromatic carbocycles. The minimum atomic E-state index is -0.443. The maximum absolute atomic E-state index is 12.3. The van der Waals surface area contributed by atoms with Crippen LogP contribution in [-0.4, -0.2) is 35.7 Å². The number of nitrogens with one attached hydrogen (secondary N) is 1. The first kappa shape index (κ1) is 18.3. The Morgan fingerprint density at radius 1 is 1.48 bits per heavy atom. The average molecular weight is 383 g/mol. The number of rotatable bonds is 4. The fraction of sp³-hybridized carbons (Fsp3) is 0.611. The van der Waals surface area contributed by atoms with E-state index in [4.69, 9.17) is 4.74 Å². The van der Waals surface area contributed by atoms with Crippen molar-refractivity contribution < 1.29 is 9.53 Å². The van der Waals surface area contributed by atoms with E-state index in [1.165, 1.54) is 5.56 Å². The van der Waals surface area contributed by atoms with Gasteiger partial charge in [0.1, 0.15) is 5.60 Å². The molecule has 1 aromatic rings. The summed E-state index contributed by atoms with van der Waals surface area (Å²) in [7, 11) is 0. The van der Waals surface area contributed by atoms with Crippen LogP contribution < -0.4 is 5.32 Å². The smallest absolute Gasteiger partial charge is 0.410 e. The van der Waals surface area contributed by atoms with E-state index in [-0.39, 0.29) is 18.2 Å². The fourth-order valence-electron chi connectivity index (χ4n) is 2.82. The van der Waals surface area contributed by atoms with Gasteiger partial charge in [0.05, 0.1) is 0 Å². The van der Waals surface area contributed by atoms with Crippen LogP contribution >= 0.6 is 15.9 Å². The lowest BCUT2D eigenvalue weighted by Gasteiger charge is -2.29. The molecule has 23 heavy (non-hydrogen) atoms. The van der Waals surface area contributed by atoms with Crippen molar-refractivity contribution in [2.45, 2.75) is 58.2 Å². The number of carbonyl (C=O) groups excluding carboxylic acids is 1. The van der Waals surface area contributed by atoms with Gasteiger partial charge in [0.15, 0.2) is 0 Å². The zero-order valence-corrected chi connectivity index (χ0v) is 16.0. The summed E-state index contributed by atoms with van der Waals surface area (Å²) >= 11 is 3.51. The molecule has 1 aliphatic rings. The number of ether oxygens (including phenoxy) is 1. The molecule has 0 radical (unpaired) electrons. The predicted molar refractivity (Wildman–Crippen MR) is 96.5 cm³/mol. The van der Waals surface area contributed by atoms with Gasteiger partial charge in [0.2, 0.25) is 0 Å². The Balaban J connectivity index is 1.90. The first-order valence-corrected chi connectivity index (χ1v) is 9.04. The summed E-state index contributed by atoms with van der Waals surface area (Å²) in [6.07, 6.45) is 1.87. The van der Waals surface area contributed by atoms with E-state index >= 15 is 0 Å². The molecule has 1 saturated heterocycles. The van der Waals surface area contributed by atoms with Crippen LogP contribution in [0, 0.1) is 0 Å². The Bertz CT molecular complexity index is 542. The van der Waals surface area contributed by atoms with Gasteiger partial charge < -0.3 is 15.0 Å². The van der Waals surface area contributed by atoms with Crippen molar-refractivity contribution in [1.82, 2.24) is 10.2 Å². The molecule has 4 nitrogen and oxygen atoms in total. The molecule has 1 amide bonds. The second kappa shape index (κ2) is 7.67. The van der Waals surface area contributed by atoms with Crippen molar-refractivity contribution in [1.29, 1.82) is 0 Å². The first-order chi connectivity index (χ1) is 10.8. The van der Waals surface area contributed by atoms with Crippen LogP contribution in [0.1, 0.15) is 52.1 Å². The third-order valence-corrected chi connectivity index (χ3v) is 4.51. The number of likely N-dealkylation sites (tertiary alicyclic amines) is 1. The fourth-order valence-corrected chi connectivity index (χ4v) is 3.23. The third-order valence-electron chi connectivity index (χ3n) is 4.01. The Labute approximate surface area is 147 Å². The lowest BCUT2D eigenvalue weighted by atomic mass is 10.1. The van der Waals surface area contributed by atoms with E-state index in [9.17, 15) is 4.79 Å². The van der Waals surface area contributed by atoms with Gasteiger partial charge in [-0.2, -0.15) is 0 Å². The van der Waals surface area contributed by atoms with E-state index < -0.39 is 5.60 Å². The highest BCUT2D eigenvalue weighted by molar-refractivity contribution is 9.10. The summed E-state index contributed by atoms with van der Waals surface area (Å²) in [6.45, 7) is 9.44. The molecule has 2 rings (SSSR count). The predicted octanol–water partition coefficient (Wildman–Crippen LogP) is 4.50. The molecule has 0 saturated carbocycles. The number of benzene rings is 1. The summed E-state index contributed by atoms with van der Waals surface area (Å²) in [5.41, 5.74) is 0.794. The molecule has 1 aliphatic heterocycles. The molecule has 0 aromatic heterocycles. The van der Waals surface area contributed by atoms with E-state index in [1.54, 1.807) is 0 Å². The van der Waals surface area contributed by atoms with E-state index in [0.717, 1.165) is 30.4 Å². The van der Waals surface area contributed by atoms with Gasteiger partial charge in [-0.15, -0.1) is 0 Å². The van der Waals surface area contributed by atoms with Gasteiger partial charge in [0.25, 0.3) is 0 Å². The second-order valence-electron chi connectivity index (χ2n) is 7.15. The van der Waals surface area contributed by atoms with Crippen molar-refractivity contribution in [3.63, 3.8) is 0 Å². The first-order valence-electron chi connectivity index (χ1n) is 8.25. The topological polar surface area (TPSA) is 41.6 Å². The van der Waals surface area contributed by atoms with E-state index in [2.05, 4.69) is 40.3 Å². The van der Waals surface area contributed by atoms with Gasteiger partial charge in [0, 0.05) is 29.6 Å². The number of carbonyl (C=O) groups is 1. The zero-order chi connectivity index (χ0) is 17.0. The van der Waals surface area contributed by atoms with Gasteiger partial charge in [-0.05, 0) is 58.2 Å². The Morgan fingerprint density at radius 2 is 2.22 bits per heavy atom. The molecule has 0 spiro atoms. The maximum atomic E-state index is 12.3. The molecular weight excluding hydrogens is 356 g/mol. The minimum absolute atomic E-state index is 0.197. The van der Waals surface area contributed by atoms with Gasteiger partial charge in [-0.3, -0.25) is 0 Å². The number of hydrogen-bond donors (Lipinski definition) is 1.